The number of hydrogen-bond donors (Lipinski definition) is 1. The maximum Gasteiger partial charge on any atom is 0.412 e. The summed E-state index contributed by atoms with van der Waals surface area (Å²) in [5, 5.41) is 5.24. The highest BCUT2D eigenvalue weighted by molar-refractivity contribution is 7.13. The number of amides is 1. The van der Waals surface area contributed by atoms with Crippen LogP contribution in [0, 0.1) is 0 Å². The third kappa shape index (κ3) is 5.44. The summed E-state index contributed by atoms with van der Waals surface area (Å²) in [5.74, 6) is -0.468. The molecule has 0 aliphatic rings. The number of benzene rings is 1. The molecule has 0 saturated carbocycles. The Morgan fingerprint density at radius 2 is 2.04 bits per heavy atom. The number of carbonyl (C=O) groups is 2. The predicted molar refractivity (Wildman–Crippen MR) is 98.4 cm³/mol. The standard InChI is InChI=1S/C17H19ClN2O4S/c1-5-23-15(21)13-9-25-14(20-13)11-7-6-10(8-12(11)18)19-16(22)24-17(2,3)4/h6-9H,5H2,1-4H3,(H,19,22). The van der Waals surface area contributed by atoms with Gasteiger partial charge in [0.2, 0.25) is 0 Å². The first-order valence-electron chi connectivity index (χ1n) is 7.62. The zero-order chi connectivity index (χ0) is 18.6. The summed E-state index contributed by atoms with van der Waals surface area (Å²) < 4.78 is 10.1. The molecule has 0 spiro atoms. The minimum atomic E-state index is -0.585. The van der Waals surface area contributed by atoms with Crippen LogP contribution in [-0.4, -0.2) is 29.3 Å². The molecule has 1 aromatic heterocycles. The number of halogens is 1. The number of carbonyl (C=O) groups excluding carboxylic acids is 2. The Hall–Kier alpha value is -2.12. The number of anilines is 1. The summed E-state index contributed by atoms with van der Waals surface area (Å²) in [7, 11) is 0. The molecule has 0 aliphatic carbocycles. The molecular formula is C17H19ClN2O4S. The minimum absolute atomic E-state index is 0.244. The van der Waals surface area contributed by atoms with Crippen molar-refractivity contribution in [3.63, 3.8) is 0 Å². The van der Waals surface area contributed by atoms with Crippen LogP contribution in [0.5, 0.6) is 0 Å². The highest BCUT2D eigenvalue weighted by Crippen LogP contribution is 2.32. The van der Waals surface area contributed by atoms with Crippen LogP contribution in [0.15, 0.2) is 23.6 Å². The lowest BCUT2D eigenvalue weighted by atomic mass is 10.2. The van der Waals surface area contributed by atoms with E-state index in [0.29, 0.717) is 21.3 Å². The van der Waals surface area contributed by atoms with Crippen LogP contribution in [0.25, 0.3) is 10.6 Å². The molecule has 0 bridgehead atoms. The van der Waals surface area contributed by atoms with Gasteiger partial charge in [-0.15, -0.1) is 11.3 Å². The summed E-state index contributed by atoms with van der Waals surface area (Å²) in [5.41, 5.74) is 0.828. The molecule has 1 aromatic carbocycles. The van der Waals surface area contributed by atoms with Gasteiger partial charge in [-0.2, -0.15) is 0 Å². The number of esters is 1. The van der Waals surface area contributed by atoms with E-state index in [4.69, 9.17) is 21.1 Å². The average molecular weight is 383 g/mol. The highest BCUT2D eigenvalue weighted by Gasteiger charge is 2.18. The lowest BCUT2D eigenvalue weighted by molar-refractivity contribution is 0.0519. The molecule has 8 heteroatoms. The Kier molecular flexibility index (Phi) is 6.02. The highest BCUT2D eigenvalue weighted by atomic mass is 35.5. The van der Waals surface area contributed by atoms with Crippen molar-refractivity contribution in [3.8, 4) is 10.6 Å². The topological polar surface area (TPSA) is 77.5 Å². The van der Waals surface area contributed by atoms with Crippen molar-refractivity contribution < 1.29 is 19.1 Å². The molecule has 0 saturated heterocycles. The lowest BCUT2D eigenvalue weighted by Gasteiger charge is -2.19. The van der Waals surface area contributed by atoms with Crippen molar-refractivity contribution in [2.45, 2.75) is 33.3 Å². The van der Waals surface area contributed by atoms with Crippen LogP contribution in [0.4, 0.5) is 10.5 Å². The van der Waals surface area contributed by atoms with Crippen LogP contribution in [0.2, 0.25) is 5.02 Å². The second kappa shape index (κ2) is 7.84. The zero-order valence-corrected chi connectivity index (χ0v) is 16.0. The molecule has 134 valence electrons. The molecule has 0 aliphatic heterocycles. The smallest absolute Gasteiger partial charge is 0.412 e. The van der Waals surface area contributed by atoms with E-state index in [1.165, 1.54) is 11.3 Å². The van der Waals surface area contributed by atoms with E-state index in [0.717, 1.165) is 0 Å². The second-order valence-corrected chi connectivity index (χ2v) is 7.35. The number of rotatable bonds is 4. The molecule has 1 amide bonds. The first kappa shape index (κ1) is 19.2. The normalized spacial score (nSPS) is 11.1. The molecule has 2 aromatic rings. The summed E-state index contributed by atoms with van der Waals surface area (Å²) in [6, 6.07) is 5.02. The first-order chi connectivity index (χ1) is 11.7. The predicted octanol–water partition coefficient (Wildman–Crippen LogP) is 4.99. The van der Waals surface area contributed by atoms with Gasteiger partial charge in [-0.25, -0.2) is 14.6 Å². The van der Waals surface area contributed by atoms with E-state index in [9.17, 15) is 9.59 Å². The van der Waals surface area contributed by atoms with Gasteiger partial charge in [0.1, 0.15) is 10.6 Å². The minimum Gasteiger partial charge on any atom is -0.461 e. The van der Waals surface area contributed by atoms with Gasteiger partial charge in [0.25, 0.3) is 0 Å². The molecule has 0 unspecified atom stereocenters. The van der Waals surface area contributed by atoms with Crippen molar-refractivity contribution in [3.05, 3.63) is 34.3 Å². The maximum absolute atomic E-state index is 11.8. The van der Waals surface area contributed by atoms with Gasteiger partial charge in [-0.05, 0) is 45.9 Å². The van der Waals surface area contributed by atoms with E-state index < -0.39 is 17.7 Å². The second-order valence-electron chi connectivity index (χ2n) is 6.08. The van der Waals surface area contributed by atoms with Crippen molar-refractivity contribution >= 4 is 40.7 Å². The van der Waals surface area contributed by atoms with Gasteiger partial charge < -0.3 is 9.47 Å². The van der Waals surface area contributed by atoms with Crippen LogP contribution in [0.1, 0.15) is 38.2 Å². The SMILES string of the molecule is CCOC(=O)c1csc(-c2ccc(NC(=O)OC(C)(C)C)cc2Cl)n1. The largest absolute Gasteiger partial charge is 0.461 e. The van der Waals surface area contributed by atoms with Gasteiger partial charge in [-0.1, -0.05) is 11.6 Å². The average Bonchev–Trinajstić information content (AvgIpc) is 2.95. The van der Waals surface area contributed by atoms with Crippen LogP contribution in [-0.2, 0) is 9.47 Å². The van der Waals surface area contributed by atoms with E-state index in [-0.39, 0.29) is 12.3 Å². The maximum atomic E-state index is 11.8. The summed E-state index contributed by atoms with van der Waals surface area (Å²) in [6.07, 6.45) is -0.560. The number of nitrogens with zero attached hydrogens (tertiary/aromatic N) is 1. The molecule has 1 heterocycles. The molecule has 2 rings (SSSR count). The molecule has 6 nitrogen and oxygen atoms in total. The molecule has 0 radical (unpaired) electrons. The van der Waals surface area contributed by atoms with Gasteiger partial charge in [0.15, 0.2) is 5.69 Å². The fourth-order valence-electron chi connectivity index (χ4n) is 1.88. The lowest BCUT2D eigenvalue weighted by Crippen LogP contribution is -2.27. The fraction of sp³-hybridized carbons (Fsp3) is 0.353. The van der Waals surface area contributed by atoms with Crippen LogP contribution >= 0.6 is 22.9 Å². The van der Waals surface area contributed by atoms with Crippen molar-refractivity contribution in [2.24, 2.45) is 0 Å². The van der Waals surface area contributed by atoms with E-state index in [2.05, 4.69) is 10.3 Å². The summed E-state index contributed by atoms with van der Waals surface area (Å²) in [4.78, 5) is 27.7. The van der Waals surface area contributed by atoms with Crippen molar-refractivity contribution in [2.75, 3.05) is 11.9 Å². The number of nitrogens with one attached hydrogen (secondary N) is 1. The number of ether oxygens (including phenoxy) is 2. The van der Waals surface area contributed by atoms with Crippen molar-refractivity contribution in [1.82, 2.24) is 4.98 Å². The Bertz CT molecular complexity index is 783. The molecule has 25 heavy (non-hydrogen) atoms. The molecule has 0 fully saturated rings. The van der Waals surface area contributed by atoms with Crippen molar-refractivity contribution in [1.29, 1.82) is 0 Å². The summed E-state index contributed by atoms with van der Waals surface area (Å²) >= 11 is 7.58. The molecular weight excluding hydrogens is 364 g/mol. The monoisotopic (exact) mass is 382 g/mol. The van der Waals surface area contributed by atoms with Gasteiger partial charge in [0.05, 0.1) is 11.6 Å². The van der Waals surface area contributed by atoms with Gasteiger partial charge >= 0.3 is 12.1 Å². The zero-order valence-electron chi connectivity index (χ0n) is 14.4. The van der Waals surface area contributed by atoms with E-state index in [1.807, 2.05) is 0 Å². The third-order valence-electron chi connectivity index (χ3n) is 2.83. The number of hydrogen-bond acceptors (Lipinski definition) is 6. The van der Waals surface area contributed by atoms with Gasteiger partial charge in [-0.3, -0.25) is 5.32 Å². The number of aromatic nitrogens is 1. The van der Waals surface area contributed by atoms with E-state index >= 15 is 0 Å². The molecule has 1 N–H and O–H groups in total. The van der Waals surface area contributed by atoms with Gasteiger partial charge in [0, 0.05) is 16.6 Å². The summed E-state index contributed by atoms with van der Waals surface area (Å²) in [6.45, 7) is 7.38. The first-order valence-corrected chi connectivity index (χ1v) is 8.88. The van der Waals surface area contributed by atoms with Crippen LogP contribution < -0.4 is 5.32 Å². The quantitative estimate of drug-likeness (QED) is 0.754. The molecule has 0 atom stereocenters. The third-order valence-corrected chi connectivity index (χ3v) is 4.02. The Morgan fingerprint density at radius 3 is 2.64 bits per heavy atom. The number of thiazole rings is 1. The fourth-order valence-corrected chi connectivity index (χ4v) is 3.04. The van der Waals surface area contributed by atoms with Crippen LogP contribution in [0.3, 0.4) is 0 Å². The Labute approximate surface area is 155 Å². The Balaban J connectivity index is 2.14. The van der Waals surface area contributed by atoms with E-state index in [1.54, 1.807) is 51.3 Å². The Morgan fingerprint density at radius 1 is 1.32 bits per heavy atom.